The second-order valence-corrected chi connectivity index (χ2v) is 8.33. The summed E-state index contributed by atoms with van der Waals surface area (Å²) in [5.41, 5.74) is 4.04. The Morgan fingerprint density at radius 2 is 1.74 bits per heavy atom. The third-order valence-corrected chi connectivity index (χ3v) is 6.28. The summed E-state index contributed by atoms with van der Waals surface area (Å²) in [4.78, 5) is 2.57. The molecule has 6 nitrogen and oxygen atoms in total. The summed E-state index contributed by atoms with van der Waals surface area (Å²) < 4.78 is 5.93. The number of hydrogen-bond acceptors (Lipinski definition) is 5. The molecule has 0 aliphatic carbocycles. The maximum absolute atomic E-state index is 5.93. The van der Waals surface area contributed by atoms with Gasteiger partial charge in [0.05, 0.1) is 6.61 Å². The number of aryl methyl sites for hydroxylation is 1. The fourth-order valence-electron chi connectivity index (χ4n) is 4.33. The molecule has 0 saturated carbocycles. The van der Waals surface area contributed by atoms with E-state index in [4.69, 9.17) is 4.74 Å². The smallest absolute Gasteiger partial charge is 0.204 e. The predicted molar refractivity (Wildman–Crippen MR) is 125 cm³/mol. The monoisotopic (exact) mass is 441 g/mol. The number of rotatable bonds is 9. The number of ether oxygens (including phenoxy) is 1. The Labute approximate surface area is 190 Å². The van der Waals surface area contributed by atoms with E-state index >= 15 is 0 Å². The Hall–Kier alpha value is -2.28. The first-order chi connectivity index (χ1) is 14.8. The van der Waals surface area contributed by atoms with Crippen molar-refractivity contribution in [2.45, 2.75) is 39.2 Å². The number of aromatic amines is 1. The Kier molecular flexibility index (Phi) is 8.58. The van der Waals surface area contributed by atoms with Gasteiger partial charge < -0.3 is 4.74 Å². The molecule has 1 aliphatic rings. The minimum atomic E-state index is 0. The average Bonchev–Trinajstić information content (AvgIpc) is 3.34. The van der Waals surface area contributed by atoms with Crippen LogP contribution >= 0.6 is 12.4 Å². The van der Waals surface area contributed by atoms with E-state index in [-0.39, 0.29) is 12.4 Å². The number of H-pyrrole nitrogens is 1. The first-order valence-electron chi connectivity index (χ1n) is 10.9. The second-order valence-electron chi connectivity index (χ2n) is 8.33. The highest BCUT2D eigenvalue weighted by Crippen LogP contribution is 2.37. The highest BCUT2D eigenvalue weighted by Gasteiger charge is 2.34. The van der Waals surface area contributed by atoms with Gasteiger partial charge in [-0.3, -0.25) is 4.90 Å². The topological polar surface area (TPSA) is 66.9 Å². The molecular weight excluding hydrogens is 410 g/mol. The number of hydrogen-bond donors (Lipinski definition) is 1. The maximum Gasteiger partial charge on any atom is 0.204 e. The second kappa shape index (κ2) is 11.4. The number of halogens is 1. The fraction of sp³-hybridized carbons (Fsp3) is 0.458. The zero-order valence-corrected chi connectivity index (χ0v) is 19.0. The number of tetrazole rings is 1. The van der Waals surface area contributed by atoms with Gasteiger partial charge in [-0.1, -0.05) is 54.6 Å². The Morgan fingerprint density at radius 1 is 1.00 bits per heavy atom. The molecule has 1 aromatic heterocycles. The lowest BCUT2D eigenvalue weighted by atomic mass is 9.74. The number of piperidine rings is 1. The fourth-order valence-corrected chi connectivity index (χ4v) is 4.33. The Balaban J connectivity index is 0.00000272. The molecule has 0 spiro atoms. The van der Waals surface area contributed by atoms with Crippen LogP contribution in [0.25, 0.3) is 11.4 Å². The molecule has 1 aliphatic heterocycles. The summed E-state index contributed by atoms with van der Waals surface area (Å²) in [6.07, 6.45) is 4.72. The number of benzene rings is 2. The van der Waals surface area contributed by atoms with E-state index in [0.29, 0.717) is 11.2 Å². The van der Waals surface area contributed by atoms with Crippen molar-refractivity contribution in [2.75, 3.05) is 26.3 Å². The van der Waals surface area contributed by atoms with Crippen molar-refractivity contribution in [3.05, 3.63) is 65.7 Å². The van der Waals surface area contributed by atoms with Crippen molar-refractivity contribution in [3.8, 4) is 11.4 Å². The van der Waals surface area contributed by atoms with Gasteiger partial charge in [0.2, 0.25) is 5.82 Å². The minimum Gasteiger partial charge on any atom is -0.381 e. The van der Waals surface area contributed by atoms with E-state index in [0.717, 1.165) is 44.8 Å². The third kappa shape index (κ3) is 6.35. The molecule has 3 aromatic rings. The van der Waals surface area contributed by atoms with Crippen molar-refractivity contribution < 1.29 is 4.74 Å². The Morgan fingerprint density at radius 3 is 2.39 bits per heavy atom. The standard InChI is InChI=1S/C24H31N5O.ClH/c1-2-30-19-24(13-12-20-6-4-3-5-7-20)14-16-29(17-15-24)18-21-8-10-22(11-9-21)23-25-27-28-26-23;/h3-11H,2,12-19H2,1H3,(H,25,26,27,28);1H. The van der Waals surface area contributed by atoms with Crippen molar-refractivity contribution in [3.63, 3.8) is 0 Å². The molecule has 7 heteroatoms. The predicted octanol–water partition coefficient (Wildman–Crippen LogP) is 4.54. The van der Waals surface area contributed by atoms with Crippen LogP contribution in [0.3, 0.4) is 0 Å². The van der Waals surface area contributed by atoms with Crippen LogP contribution in [0.4, 0.5) is 0 Å². The lowest BCUT2D eigenvalue weighted by Gasteiger charge is -2.42. The van der Waals surface area contributed by atoms with E-state index < -0.39 is 0 Å². The van der Waals surface area contributed by atoms with Crippen LogP contribution < -0.4 is 0 Å². The average molecular weight is 442 g/mol. The van der Waals surface area contributed by atoms with Crippen LogP contribution in [0.1, 0.15) is 37.3 Å². The van der Waals surface area contributed by atoms with Crippen molar-refractivity contribution in [2.24, 2.45) is 5.41 Å². The number of nitrogens with zero attached hydrogens (tertiary/aromatic N) is 4. The number of nitrogens with one attached hydrogen (secondary N) is 1. The van der Waals surface area contributed by atoms with Crippen molar-refractivity contribution in [1.82, 2.24) is 25.5 Å². The molecule has 2 aromatic carbocycles. The van der Waals surface area contributed by atoms with Gasteiger partial charge in [-0.25, -0.2) is 0 Å². The molecule has 31 heavy (non-hydrogen) atoms. The first kappa shape index (κ1) is 23.4. The number of likely N-dealkylation sites (tertiary alicyclic amines) is 1. The summed E-state index contributed by atoms with van der Waals surface area (Å²) in [6, 6.07) is 19.3. The molecule has 1 saturated heterocycles. The van der Waals surface area contributed by atoms with Crippen LogP contribution in [0.15, 0.2) is 54.6 Å². The van der Waals surface area contributed by atoms with Gasteiger partial charge in [0, 0.05) is 18.7 Å². The van der Waals surface area contributed by atoms with Crippen LogP contribution in [-0.2, 0) is 17.7 Å². The molecular formula is C24H32ClN5O. The summed E-state index contributed by atoms with van der Waals surface area (Å²) in [5, 5.41) is 14.2. The number of aromatic nitrogens is 4. The molecule has 0 amide bonds. The van der Waals surface area contributed by atoms with Gasteiger partial charge >= 0.3 is 0 Å². The normalized spacial score (nSPS) is 16.0. The molecule has 1 fully saturated rings. The highest BCUT2D eigenvalue weighted by molar-refractivity contribution is 5.85. The van der Waals surface area contributed by atoms with Gasteiger partial charge in [-0.2, -0.15) is 5.21 Å². The lowest BCUT2D eigenvalue weighted by molar-refractivity contribution is -0.00232. The molecule has 2 heterocycles. The summed E-state index contributed by atoms with van der Waals surface area (Å²) in [7, 11) is 0. The minimum absolute atomic E-state index is 0. The molecule has 0 atom stereocenters. The lowest BCUT2D eigenvalue weighted by Crippen LogP contribution is -2.42. The van der Waals surface area contributed by atoms with E-state index in [1.807, 2.05) is 0 Å². The molecule has 1 N–H and O–H groups in total. The van der Waals surface area contributed by atoms with Gasteiger partial charge in [0.15, 0.2) is 0 Å². The van der Waals surface area contributed by atoms with Crippen molar-refractivity contribution >= 4 is 12.4 Å². The van der Waals surface area contributed by atoms with E-state index in [9.17, 15) is 0 Å². The van der Waals surface area contributed by atoms with Crippen LogP contribution in [0, 0.1) is 5.41 Å². The van der Waals surface area contributed by atoms with Crippen LogP contribution in [0.2, 0.25) is 0 Å². The van der Waals surface area contributed by atoms with E-state index in [2.05, 4.69) is 87.0 Å². The molecule has 0 unspecified atom stereocenters. The molecule has 166 valence electrons. The first-order valence-corrected chi connectivity index (χ1v) is 10.9. The third-order valence-electron chi connectivity index (χ3n) is 6.28. The van der Waals surface area contributed by atoms with Crippen LogP contribution in [-0.4, -0.2) is 51.8 Å². The van der Waals surface area contributed by atoms with E-state index in [1.54, 1.807) is 0 Å². The van der Waals surface area contributed by atoms with Gasteiger partial charge in [-0.05, 0) is 67.5 Å². The quantitative estimate of drug-likeness (QED) is 0.528. The highest BCUT2D eigenvalue weighted by atomic mass is 35.5. The van der Waals surface area contributed by atoms with E-state index in [1.165, 1.54) is 30.4 Å². The molecule has 0 bridgehead atoms. The molecule has 0 radical (unpaired) electrons. The maximum atomic E-state index is 5.93. The summed E-state index contributed by atoms with van der Waals surface area (Å²) >= 11 is 0. The zero-order chi connectivity index (χ0) is 20.7. The largest absolute Gasteiger partial charge is 0.381 e. The van der Waals surface area contributed by atoms with Crippen molar-refractivity contribution in [1.29, 1.82) is 0 Å². The van der Waals surface area contributed by atoms with Gasteiger partial charge in [0.1, 0.15) is 0 Å². The summed E-state index contributed by atoms with van der Waals surface area (Å²) in [6.45, 7) is 6.99. The summed E-state index contributed by atoms with van der Waals surface area (Å²) in [5.74, 6) is 0.638. The van der Waals surface area contributed by atoms with Crippen LogP contribution in [0.5, 0.6) is 0 Å². The van der Waals surface area contributed by atoms with Gasteiger partial charge in [0.25, 0.3) is 0 Å². The Bertz CT molecular complexity index is 878. The zero-order valence-electron chi connectivity index (χ0n) is 18.2. The van der Waals surface area contributed by atoms with Gasteiger partial charge in [-0.15, -0.1) is 22.6 Å². The SMILES string of the molecule is CCOCC1(CCc2ccccc2)CCN(Cc2ccc(-c3nn[nH]n3)cc2)CC1.Cl. The molecule has 4 rings (SSSR count).